The third-order valence-electron chi connectivity index (χ3n) is 7.99. The molecule has 2 saturated carbocycles. The second-order valence-corrected chi connectivity index (χ2v) is 10.6. The summed E-state index contributed by atoms with van der Waals surface area (Å²) < 4.78 is 5.31. The average Bonchev–Trinajstić information content (AvgIpc) is 3.86. The number of pyridine rings is 2. The minimum atomic E-state index is -0.298. The molecule has 0 radical (unpaired) electrons. The number of carbonyl (C=O) groups is 2. The Hall–Kier alpha value is -3.73. The Labute approximate surface area is 216 Å². The Kier molecular flexibility index (Phi) is 6.15. The highest BCUT2D eigenvalue weighted by Gasteiger charge is 2.42. The fraction of sp³-hybridized carbons (Fsp3) is 0.483. The van der Waals surface area contributed by atoms with Crippen molar-refractivity contribution in [2.45, 2.75) is 63.0 Å². The van der Waals surface area contributed by atoms with E-state index < -0.39 is 0 Å². The van der Waals surface area contributed by atoms with Gasteiger partial charge in [-0.15, -0.1) is 0 Å². The van der Waals surface area contributed by atoms with Gasteiger partial charge < -0.3 is 14.5 Å². The van der Waals surface area contributed by atoms with Crippen LogP contribution in [0.3, 0.4) is 0 Å². The van der Waals surface area contributed by atoms with E-state index in [1.807, 2.05) is 23.1 Å². The van der Waals surface area contributed by atoms with Gasteiger partial charge in [-0.1, -0.05) is 6.58 Å². The fourth-order valence-electron chi connectivity index (χ4n) is 5.70. The van der Waals surface area contributed by atoms with Gasteiger partial charge in [0.15, 0.2) is 0 Å². The normalized spacial score (nSPS) is 23.5. The number of hydrogen-bond acceptors (Lipinski definition) is 7. The smallest absolute Gasteiger partial charge is 0.306 e. The van der Waals surface area contributed by atoms with Gasteiger partial charge in [0.1, 0.15) is 18.0 Å². The van der Waals surface area contributed by atoms with E-state index in [1.165, 1.54) is 0 Å². The van der Waals surface area contributed by atoms with Crippen LogP contribution in [0, 0.1) is 17.2 Å². The van der Waals surface area contributed by atoms with Crippen LogP contribution < -0.4 is 4.90 Å². The average molecular weight is 498 g/mol. The van der Waals surface area contributed by atoms with E-state index in [0.717, 1.165) is 54.0 Å². The lowest BCUT2D eigenvalue weighted by molar-refractivity contribution is -0.144. The number of piperazine rings is 1. The zero-order valence-corrected chi connectivity index (χ0v) is 20.9. The zero-order chi connectivity index (χ0) is 25.5. The minimum Gasteiger partial charge on any atom is -0.462 e. The van der Waals surface area contributed by atoms with E-state index in [2.05, 4.69) is 22.5 Å². The Morgan fingerprint density at radius 1 is 1.22 bits per heavy atom. The van der Waals surface area contributed by atoms with Crippen molar-refractivity contribution in [2.75, 3.05) is 24.5 Å². The van der Waals surface area contributed by atoms with E-state index in [4.69, 9.17) is 9.72 Å². The molecular formula is C29H31N5O3. The highest BCUT2D eigenvalue weighted by molar-refractivity contribution is 5.79. The van der Waals surface area contributed by atoms with Gasteiger partial charge in [0.2, 0.25) is 5.91 Å². The summed E-state index contributed by atoms with van der Waals surface area (Å²) >= 11 is 0. The Balaban J connectivity index is 1.27. The number of nitrogens with zero attached hydrogens (tertiary/aromatic N) is 5. The molecule has 4 heterocycles. The summed E-state index contributed by atoms with van der Waals surface area (Å²) in [6.45, 7) is 5.71. The van der Waals surface area contributed by atoms with Crippen molar-refractivity contribution in [3.05, 3.63) is 47.9 Å². The number of amides is 1. The van der Waals surface area contributed by atoms with Crippen LogP contribution >= 0.6 is 0 Å². The third kappa shape index (κ3) is 4.83. The monoisotopic (exact) mass is 497 g/mol. The summed E-state index contributed by atoms with van der Waals surface area (Å²) in [6, 6.07) is 8.42. The van der Waals surface area contributed by atoms with Crippen molar-refractivity contribution in [1.82, 2.24) is 14.9 Å². The van der Waals surface area contributed by atoms with Crippen molar-refractivity contribution in [2.24, 2.45) is 5.92 Å². The Morgan fingerprint density at radius 2 is 2.05 bits per heavy atom. The maximum Gasteiger partial charge on any atom is 0.306 e. The molecule has 4 fully saturated rings. The number of ether oxygens (including phenoxy) is 1. The van der Waals surface area contributed by atoms with E-state index >= 15 is 0 Å². The molecule has 8 nitrogen and oxygen atoms in total. The second-order valence-electron chi connectivity index (χ2n) is 10.6. The Bertz CT molecular complexity index is 1290. The molecule has 2 aromatic heterocycles. The van der Waals surface area contributed by atoms with Crippen LogP contribution in [0.5, 0.6) is 0 Å². The summed E-state index contributed by atoms with van der Waals surface area (Å²) in [5.41, 5.74) is 4.39. The van der Waals surface area contributed by atoms with E-state index in [0.29, 0.717) is 49.9 Å². The summed E-state index contributed by atoms with van der Waals surface area (Å²) in [6.07, 6.45) is 8.90. The topological polar surface area (TPSA) is 99.4 Å². The molecule has 190 valence electrons. The van der Waals surface area contributed by atoms with Gasteiger partial charge in [-0.2, -0.15) is 5.26 Å². The van der Waals surface area contributed by atoms with Gasteiger partial charge in [-0.05, 0) is 67.9 Å². The van der Waals surface area contributed by atoms with Crippen LogP contribution in [0.25, 0.3) is 17.2 Å². The molecule has 2 aliphatic carbocycles. The van der Waals surface area contributed by atoms with Crippen molar-refractivity contribution >= 4 is 23.8 Å². The van der Waals surface area contributed by atoms with Crippen LogP contribution in [0.2, 0.25) is 0 Å². The van der Waals surface area contributed by atoms with Crippen LogP contribution in [-0.2, 0) is 14.3 Å². The van der Waals surface area contributed by atoms with E-state index in [9.17, 15) is 14.9 Å². The number of carbonyl (C=O) groups excluding carboxylic acids is 2. The molecule has 1 amide bonds. The number of rotatable bonds is 7. The number of nitriles is 1. The lowest BCUT2D eigenvalue weighted by Crippen LogP contribution is -2.57. The lowest BCUT2D eigenvalue weighted by atomic mass is 9.98. The molecule has 2 atom stereocenters. The molecule has 2 aromatic rings. The first-order valence-electron chi connectivity index (χ1n) is 13.3. The predicted octanol–water partition coefficient (Wildman–Crippen LogP) is 4.06. The van der Waals surface area contributed by atoms with E-state index in [1.54, 1.807) is 12.3 Å². The van der Waals surface area contributed by atoms with Crippen LogP contribution in [0.4, 0.5) is 5.82 Å². The number of cyclic esters (lactones) is 1. The molecule has 4 aliphatic rings. The van der Waals surface area contributed by atoms with Crippen molar-refractivity contribution < 1.29 is 14.3 Å². The molecule has 0 aromatic carbocycles. The predicted molar refractivity (Wildman–Crippen MR) is 138 cm³/mol. The van der Waals surface area contributed by atoms with Crippen LogP contribution in [0.1, 0.15) is 67.8 Å². The molecule has 6 rings (SSSR count). The quantitative estimate of drug-likeness (QED) is 0.532. The Morgan fingerprint density at radius 3 is 2.73 bits per heavy atom. The van der Waals surface area contributed by atoms with Gasteiger partial charge in [0.25, 0.3) is 0 Å². The number of anilines is 1. The van der Waals surface area contributed by atoms with Crippen LogP contribution in [-0.4, -0.2) is 58.5 Å². The molecule has 2 saturated heterocycles. The minimum absolute atomic E-state index is 0.0643. The zero-order valence-electron chi connectivity index (χ0n) is 20.9. The van der Waals surface area contributed by atoms with Gasteiger partial charge in [0, 0.05) is 43.7 Å². The molecule has 0 spiro atoms. The number of aromatic nitrogens is 2. The third-order valence-corrected chi connectivity index (χ3v) is 7.99. The number of esters is 1. The second kappa shape index (κ2) is 9.62. The molecular weight excluding hydrogens is 466 g/mol. The van der Waals surface area contributed by atoms with E-state index in [-0.39, 0.29) is 30.4 Å². The molecule has 37 heavy (non-hydrogen) atoms. The van der Waals surface area contributed by atoms with Crippen molar-refractivity contribution in [1.29, 1.82) is 5.26 Å². The van der Waals surface area contributed by atoms with Crippen molar-refractivity contribution in [3.63, 3.8) is 0 Å². The first kappa shape index (κ1) is 23.7. The lowest BCUT2D eigenvalue weighted by Gasteiger charge is -2.43. The standard InChI is InChI=1S/C29H31N5O3/c1-2-22-13-20(9-10-31-22)24-14-21(16-30)29(32-28(24)19-5-6-19)33-11-12-34(25(17-33)18-3-4-18)26(35)15-23-7-8-27(36)37-23/h2,9-10,13-14,18-19,23,25H,1,3-8,11-12,15,17H2/t23-,25+/m1/s1. The summed E-state index contributed by atoms with van der Waals surface area (Å²) in [5, 5.41) is 10.1. The summed E-state index contributed by atoms with van der Waals surface area (Å²) in [5.74, 6) is 1.46. The SMILES string of the molecule is C=Cc1cc(-c2cc(C#N)c(N3CCN(C(=O)C[C@H]4CCC(=O)O4)[C@H](C4CC4)C3)nc2C2CC2)ccn1. The fourth-order valence-corrected chi connectivity index (χ4v) is 5.70. The summed E-state index contributed by atoms with van der Waals surface area (Å²) in [7, 11) is 0. The van der Waals surface area contributed by atoms with Crippen molar-refractivity contribution in [3.8, 4) is 17.2 Å². The molecule has 0 unspecified atom stereocenters. The van der Waals surface area contributed by atoms with Gasteiger partial charge in [-0.25, -0.2) is 4.98 Å². The highest BCUT2D eigenvalue weighted by Crippen LogP contribution is 2.45. The maximum absolute atomic E-state index is 13.2. The number of hydrogen-bond donors (Lipinski definition) is 0. The highest BCUT2D eigenvalue weighted by atomic mass is 16.5. The van der Waals surface area contributed by atoms with Gasteiger partial charge in [0.05, 0.1) is 29.4 Å². The summed E-state index contributed by atoms with van der Waals surface area (Å²) in [4.78, 5) is 38.4. The molecule has 0 N–H and O–H groups in total. The first-order chi connectivity index (χ1) is 18.0. The molecule has 8 heteroatoms. The molecule has 0 bridgehead atoms. The van der Waals surface area contributed by atoms with Gasteiger partial charge in [-0.3, -0.25) is 14.6 Å². The maximum atomic E-state index is 13.2. The van der Waals surface area contributed by atoms with Gasteiger partial charge >= 0.3 is 5.97 Å². The molecule has 2 aliphatic heterocycles. The largest absolute Gasteiger partial charge is 0.462 e. The first-order valence-corrected chi connectivity index (χ1v) is 13.3. The van der Waals surface area contributed by atoms with Crippen LogP contribution in [0.15, 0.2) is 31.0 Å².